The molecule has 0 saturated heterocycles. The molecule has 0 aliphatic carbocycles. The number of carbonyl (C=O) groups is 2. The van der Waals surface area contributed by atoms with E-state index in [1.54, 1.807) is 18.2 Å². The monoisotopic (exact) mass is 233 g/mol. The average molecular weight is 233 g/mol. The summed E-state index contributed by atoms with van der Waals surface area (Å²) < 4.78 is 5.10. The van der Waals surface area contributed by atoms with E-state index in [-0.39, 0.29) is 11.1 Å². The Kier molecular flexibility index (Phi) is 2.61. The molecule has 2 N–H and O–H groups in total. The predicted octanol–water partition coefficient (Wildman–Crippen LogP) is 0.816. The van der Waals surface area contributed by atoms with Crippen molar-refractivity contribution in [3.05, 3.63) is 40.8 Å². The van der Waals surface area contributed by atoms with Gasteiger partial charge in [0.05, 0.1) is 5.39 Å². The Bertz CT molecular complexity index is 658. The third kappa shape index (κ3) is 2.00. The minimum atomic E-state index is -1.67. The van der Waals surface area contributed by atoms with Gasteiger partial charge in [-0.1, -0.05) is 12.1 Å². The van der Waals surface area contributed by atoms with Gasteiger partial charge in [0.2, 0.25) is 5.43 Å². The molecule has 0 spiro atoms. The van der Waals surface area contributed by atoms with Crippen molar-refractivity contribution in [1.29, 1.82) is 0 Å². The largest absolute Gasteiger partial charge is 0.474 e. The number of para-hydroxylation sites is 1. The molecule has 17 heavy (non-hydrogen) atoms. The second-order valence-corrected chi connectivity index (χ2v) is 3.23. The molecule has 6 nitrogen and oxygen atoms in total. The van der Waals surface area contributed by atoms with E-state index in [4.69, 9.17) is 9.52 Å². The summed E-state index contributed by atoms with van der Waals surface area (Å²) in [6.07, 6.45) is 1.02. The van der Waals surface area contributed by atoms with Crippen molar-refractivity contribution >= 4 is 28.5 Å². The highest BCUT2D eigenvalue weighted by molar-refractivity contribution is 6.36. The molecule has 0 aliphatic rings. The van der Waals surface area contributed by atoms with Crippen LogP contribution >= 0.6 is 0 Å². The van der Waals surface area contributed by atoms with Gasteiger partial charge < -0.3 is 14.8 Å². The van der Waals surface area contributed by atoms with Crippen LogP contribution in [0.15, 0.2) is 39.7 Å². The van der Waals surface area contributed by atoms with Crippen molar-refractivity contribution in [1.82, 2.24) is 0 Å². The number of hydrogen-bond acceptors (Lipinski definition) is 4. The first kappa shape index (κ1) is 10.9. The summed E-state index contributed by atoms with van der Waals surface area (Å²) in [5.41, 5.74) is -0.316. The molecule has 1 amide bonds. The van der Waals surface area contributed by atoms with Gasteiger partial charge in [0.15, 0.2) is 0 Å². The van der Waals surface area contributed by atoms with Crippen molar-refractivity contribution in [2.75, 3.05) is 5.32 Å². The maximum absolute atomic E-state index is 11.8. The third-order valence-corrected chi connectivity index (χ3v) is 2.12. The number of carbonyl (C=O) groups excluding carboxylic acids is 1. The fraction of sp³-hybridized carbons (Fsp3) is 0. The lowest BCUT2D eigenvalue weighted by atomic mass is 10.2. The lowest BCUT2D eigenvalue weighted by Crippen LogP contribution is -2.25. The second-order valence-electron chi connectivity index (χ2n) is 3.23. The van der Waals surface area contributed by atoms with Crippen LogP contribution in [0, 0.1) is 0 Å². The highest BCUT2D eigenvalue weighted by Gasteiger charge is 2.14. The van der Waals surface area contributed by atoms with E-state index in [1.165, 1.54) is 6.07 Å². The first-order chi connectivity index (χ1) is 8.09. The minimum absolute atomic E-state index is 0.198. The summed E-state index contributed by atoms with van der Waals surface area (Å²) >= 11 is 0. The van der Waals surface area contributed by atoms with Crippen molar-refractivity contribution in [2.24, 2.45) is 0 Å². The van der Waals surface area contributed by atoms with Crippen LogP contribution in [0.1, 0.15) is 0 Å². The van der Waals surface area contributed by atoms with Gasteiger partial charge >= 0.3 is 11.9 Å². The van der Waals surface area contributed by atoms with Crippen LogP contribution in [0.2, 0.25) is 0 Å². The molecule has 6 heteroatoms. The first-order valence-corrected chi connectivity index (χ1v) is 4.64. The summed E-state index contributed by atoms with van der Waals surface area (Å²) in [5, 5.41) is 10.6. The van der Waals surface area contributed by atoms with Crippen LogP contribution in [0.25, 0.3) is 11.0 Å². The number of fused-ring (bicyclic) bond motifs is 1. The van der Waals surface area contributed by atoms with Crippen LogP contribution in [0.4, 0.5) is 5.69 Å². The molecular weight excluding hydrogens is 226 g/mol. The number of carboxylic acids is 1. The Hall–Kier alpha value is -2.63. The van der Waals surface area contributed by atoms with Crippen molar-refractivity contribution in [3.8, 4) is 0 Å². The standard InChI is InChI=1S/C11H7NO5/c13-9-6-3-1-2-4-8(6)17-5-7(9)12-10(14)11(15)16/h1-5H,(H,12,14)(H,15,16). The van der Waals surface area contributed by atoms with Crippen LogP contribution < -0.4 is 10.7 Å². The molecule has 2 rings (SSSR count). The normalized spacial score (nSPS) is 10.1. The van der Waals surface area contributed by atoms with Gasteiger partial charge in [0, 0.05) is 0 Å². The Morgan fingerprint density at radius 1 is 1.24 bits per heavy atom. The Balaban J connectivity index is 2.50. The lowest BCUT2D eigenvalue weighted by molar-refractivity contribution is -0.147. The third-order valence-electron chi connectivity index (χ3n) is 2.12. The highest BCUT2D eigenvalue weighted by Crippen LogP contribution is 2.12. The Morgan fingerprint density at radius 2 is 1.94 bits per heavy atom. The molecule has 2 aromatic rings. The summed E-state index contributed by atoms with van der Waals surface area (Å²) in [4.78, 5) is 33.1. The van der Waals surface area contributed by atoms with Gasteiger partial charge in [0.1, 0.15) is 17.5 Å². The smallest absolute Gasteiger partial charge is 0.394 e. The van der Waals surface area contributed by atoms with Gasteiger partial charge in [-0.15, -0.1) is 0 Å². The zero-order valence-corrected chi connectivity index (χ0v) is 8.47. The number of hydrogen-bond donors (Lipinski definition) is 2. The van der Waals surface area contributed by atoms with E-state index in [0.717, 1.165) is 6.26 Å². The second kappa shape index (κ2) is 4.09. The van der Waals surface area contributed by atoms with Crippen LogP contribution in [-0.2, 0) is 9.59 Å². The molecule has 0 bridgehead atoms. The molecule has 0 radical (unpaired) electrons. The van der Waals surface area contributed by atoms with E-state index in [0.29, 0.717) is 5.58 Å². The van der Waals surface area contributed by atoms with Gasteiger partial charge in [-0.2, -0.15) is 0 Å². The van der Waals surface area contributed by atoms with Gasteiger partial charge in [-0.05, 0) is 12.1 Å². The fourth-order valence-electron chi connectivity index (χ4n) is 1.34. The van der Waals surface area contributed by atoms with Gasteiger partial charge in [0.25, 0.3) is 0 Å². The molecule has 0 atom stereocenters. The Labute approximate surface area is 94.5 Å². The number of benzene rings is 1. The molecule has 0 unspecified atom stereocenters. The maximum Gasteiger partial charge on any atom is 0.394 e. The zero-order valence-electron chi connectivity index (χ0n) is 8.47. The minimum Gasteiger partial charge on any atom is -0.474 e. The Morgan fingerprint density at radius 3 is 2.65 bits per heavy atom. The number of anilines is 1. The molecule has 1 aromatic carbocycles. The van der Waals surface area contributed by atoms with Crippen molar-refractivity contribution in [2.45, 2.75) is 0 Å². The predicted molar refractivity (Wildman–Crippen MR) is 58.7 cm³/mol. The average Bonchev–Trinajstić information content (AvgIpc) is 2.33. The van der Waals surface area contributed by atoms with Gasteiger partial charge in [-0.25, -0.2) is 4.79 Å². The maximum atomic E-state index is 11.8. The number of aliphatic carboxylic acids is 1. The number of nitrogens with one attached hydrogen (secondary N) is 1. The number of carboxylic acid groups (broad SMARTS) is 1. The van der Waals surface area contributed by atoms with E-state index < -0.39 is 17.3 Å². The van der Waals surface area contributed by atoms with E-state index in [2.05, 4.69) is 0 Å². The van der Waals surface area contributed by atoms with Crippen molar-refractivity contribution in [3.63, 3.8) is 0 Å². The lowest BCUT2D eigenvalue weighted by Gasteiger charge is -2.01. The summed E-state index contributed by atoms with van der Waals surface area (Å²) in [7, 11) is 0. The molecular formula is C11H7NO5. The highest BCUT2D eigenvalue weighted by atomic mass is 16.4. The SMILES string of the molecule is O=C(O)C(=O)Nc1coc2ccccc2c1=O. The van der Waals surface area contributed by atoms with Crippen LogP contribution in [0.3, 0.4) is 0 Å². The van der Waals surface area contributed by atoms with Crippen LogP contribution in [-0.4, -0.2) is 17.0 Å². The van der Waals surface area contributed by atoms with Crippen LogP contribution in [0.5, 0.6) is 0 Å². The summed E-state index contributed by atoms with van der Waals surface area (Å²) in [5.74, 6) is -2.95. The van der Waals surface area contributed by atoms with Gasteiger partial charge in [-0.3, -0.25) is 9.59 Å². The quantitative estimate of drug-likeness (QED) is 0.710. The molecule has 0 aliphatic heterocycles. The van der Waals surface area contributed by atoms with Crippen molar-refractivity contribution < 1.29 is 19.1 Å². The molecule has 1 heterocycles. The summed E-state index contributed by atoms with van der Waals surface area (Å²) in [6, 6.07) is 6.46. The molecule has 86 valence electrons. The van der Waals surface area contributed by atoms with E-state index >= 15 is 0 Å². The zero-order chi connectivity index (χ0) is 12.4. The summed E-state index contributed by atoms with van der Waals surface area (Å²) in [6.45, 7) is 0. The molecule has 0 fully saturated rings. The first-order valence-electron chi connectivity index (χ1n) is 4.64. The van der Waals surface area contributed by atoms with E-state index in [9.17, 15) is 14.4 Å². The van der Waals surface area contributed by atoms with E-state index in [1.807, 2.05) is 5.32 Å². The molecule has 1 aromatic heterocycles. The topological polar surface area (TPSA) is 96.6 Å². The molecule has 0 saturated carbocycles. The fourth-order valence-corrected chi connectivity index (χ4v) is 1.34. The number of amides is 1. The number of rotatable bonds is 1.